The zero-order valence-electron chi connectivity index (χ0n) is 18.5. The monoisotopic (exact) mass is 436 g/mol. The van der Waals surface area contributed by atoms with Gasteiger partial charge in [-0.3, -0.25) is 4.79 Å². The lowest BCUT2D eigenvalue weighted by atomic mass is 9.78. The molecule has 168 valence electrons. The standard InChI is InChI=1S/C25H28N2O5/c1-25(2,23(29)30)27(3)22(28)15-12-16(13-15)26-24(31)32-14-21-19-10-6-4-8-17(19)18-9-5-7-11-20(18)21/h4-11,15-16,21H,12-14H2,1-3H3,(H,26,31)(H,29,30). The molecule has 2 N–H and O–H groups in total. The highest BCUT2D eigenvalue weighted by Crippen LogP contribution is 2.44. The van der Waals surface area contributed by atoms with Crippen LogP contribution in [0.1, 0.15) is 43.7 Å². The average molecular weight is 437 g/mol. The number of aliphatic carboxylic acids is 1. The smallest absolute Gasteiger partial charge is 0.407 e. The number of nitrogens with zero attached hydrogens (tertiary/aromatic N) is 1. The van der Waals surface area contributed by atoms with Gasteiger partial charge >= 0.3 is 12.1 Å². The third kappa shape index (κ3) is 3.83. The highest BCUT2D eigenvalue weighted by atomic mass is 16.5. The molecule has 2 aromatic rings. The molecule has 0 aromatic heterocycles. The third-order valence-electron chi connectivity index (χ3n) is 6.85. The van der Waals surface area contributed by atoms with Gasteiger partial charge in [-0.05, 0) is 48.9 Å². The molecule has 0 bridgehead atoms. The number of hydrogen-bond donors (Lipinski definition) is 2. The lowest BCUT2D eigenvalue weighted by Crippen LogP contribution is -2.56. The second kappa shape index (κ2) is 8.30. The molecule has 0 unspecified atom stereocenters. The van der Waals surface area contributed by atoms with Crippen LogP contribution in [0.25, 0.3) is 11.1 Å². The maximum atomic E-state index is 12.6. The van der Waals surface area contributed by atoms with Crippen molar-refractivity contribution in [3.05, 3.63) is 59.7 Å². The minimum absolute atomic E-state index is 0.00392. The van der Waals surface area contributed by atoms with Crippen molar-refractivity contribution in [2.45, 2.75) is 44.2 Å². The number of ether oxygens (including phenoxy) is 1. The van der Waals surface area contributed by atoms with Gasteiger partial charge in [0.1, 0.15) is 12.1 Å². The van der Waals surface area contributed by atoms with Crippen LogP contribution in [0.15, 0.2) is 48.5 Å². The molecule has 0 aliphatic heterocycles. The Morgan fingerprint density at radius 1 is 1.03 bits per heavy atom. The molecule has 2 aliphatic rings. The van der Waals surface area contributed by atoms with Gasteiger partial charge in [-0.1, -0.05) is 48.5 Å². The van der Waals surface area contributed by atoms with Crippen LogP contribution in [0.4, 0.5) is 4.79 Å². The summed E-state index contributed by atoms with van der Waals surface area (Å²) in [6, 6.07) is 16.2. The quantitative estimate of drug-likeness (QED) is 0.721. The Kier molecular flexibility index (Phi) is 5.67. The topological polar surface area (TPSA) is 95.9 Å². The number of amides is 2. The Hall–Kier alpha value is -3.35. The van der Waals surface area contributed by atoms with Gasteiger partial charge < -0.3 is 20.1 Å². The summed E-state index contributed by atoms with van der Waals surface area (Å²) in [4.78, 5) is 37.6. The van der Waals surface area contributed by atoms with E-state index in [0.29, 0.717) is 12.8 Å². The molecule has 0 atom stereocenters. The lowest BCUT2D eigenvalue weighted by Gasteiger charge is -2.40. The van der Waals surface area contributed by atoms with Crippen LogP contribution in [0.3, 0.4) is 0 Å². The lowest BCUT2D eigenvalue weighted by molar-refractivity contribution is -0.158. The van der Waals surface area contributed by atoms with Gasteiger partial charge in [0.05, 0.1) is 0 Å². The van der Waals surface area contributed by atoms with Crippen LogP contribution in [0, 0.1) is 5.92 Å². The van der Waals surface area contributed by atoms with Crippen molar-refractivity contribution >= 4 is 18.0 Å². The molecule has 4 rings (SSSR count). The number of rotatable bonds is 6. The number of nitrogens with one attached hydrogen (secondary N) is 1. The molecule has 0 spiro atoms. The predicted octanol–water partition coefficient (Wildman–Crippen LogP) is 3.63. The van der Waals surface area contributed by atoms with E-state index in [0.717, 1.165) is 11.1 Å². The molecule has 7 heteroatoms. The number of likely N-dealkylation sites (N-methyl/N-ethyl adjacent to an activating group) is 1. The first-order valence-corrected chi connectivity index (χ1v) is 10.8. The predicted molar refractivity (Wildman–Crippen MR) is 119 cm³/mol. The molecule has 0 radical (unpaired) electrons. The minimum Gasteiger partial charge on any atom is -0.480 e. The Labute approximate surface area is 187 Å². The van der Waals surface area contributed by atoms with E-state index in [-0.39, 0.29) is 30.4 Å². The van der Waals surface area contributed by atoms with Crippen molar-refractivity contribution in [3.63, 3.8) is 0 Å². The van der Waals surface area contributed by atoms with Crippen LogP contribution >= 0.6 is 0 Å². The SMILES string of the molecule is CN(C(=O)C1CC(NC(=O)OCC2c3ccccc3-c3ccccc32)C1)C(C)(C)C(=O)O. The number of hydrogen-bond acceptors (Lipinski definition) is 4. The molecule has 1 saturated carbocycles. The van der Waals surface area contributed by atoms with Crippen molar-refractivity contribution in [1.82, 2.24) is 10.2 Å². The summed E-state index contributed by atoms with van der Waals surface area (Å²) in [5, 5.41) is 12.1. The minimum atomic E-state index is -1.28. The van der Waals surface area contributed by atoms with Crippen LogP contribution in [-0.4, -0.2) is 53.2 Å². The van der Waals surface area contributed by atoms with Crippen molar-refractivity contribution in [2.24, 2.45) is 5.92 Å². The van der Waals surface area contributed by atoms with Gasteiger partial charge in [0.25, 0.3) is 0 Å². The molecular weight excluding hydrogens is 408 g/mol. The molecule has 2 amide bonds. The van der Waals surface area contributed by atoms with Crippen molar-refractivity contribution in [1.29, 1.82) is 0 Å². The largest absolute Gasteiger partial charge is 0.480 e. The number of benzene rings is 2. The van der Waals surface area contributed by atoms with E-state index in [1.165, 1.54) is 36.9 Å². The first-order valence-electron chi connectivity index (χ1n) is 10.8. The number of carbonyl (C=O) groups is 3. The fourth-order valence-electron chi connectivity index (χ4n) is 4.44. The van der Waals surface area contributed by atoms with E-state index in [9.17, 15) is 19.5 Å². The molecule has 1 fully saturated rings. The van der Waals surface area contributed by atoms with E-state index < -0.39 is 17.6 Å². The molecule has 2 aromatic carbocycles. The first-order chi connectivity index (χ1) is 15.2. The number of fused-ring (bicyclic) bond motifs is 3. The van der Waals surface area contributed by atoms with Crippen molar-refractivity contribution < 1.29 is 24.2 Å². The Bertz CT molecular complexity index is 1010. The van der Waals surface area contributed by atoms with Gasteiger partial charge in [-0.2, -0.15) is 0 Å². The van der Waals surface area contributed by atoms with Gasteiger partial charge in [0, 0.05) is 24.9 Å². The van der Waals surface area contributed by atoms with Gasteiger partial charge in [-0.15, -0.1) is 0 Å². The molecule has 32 heavy (non-hydrogen) atoms. The van der Waals surface area contributed by atoms with Gasteiger partial charge in [-0.25, -0.2) is 9.59 Å². The summed E-state index contributed by atoms with van der Waals surface area (Å²) in [6.07, 6.45) is 0.452. The average Bonchev–Trinajstić information content (AvgIpc) is 3.07. The highest BCUT2D eigenvalue weighted by Gasteiger charge is 2.43. The number of carbonyl (C=O) groups excluding carboxylic acids is 2. The van der Waals surface area contributed by atoms with Crippen LogP contribution in [0.5, 0.6) is 0 Å². The van der Waals surface area contributed by atoms with E-state index >= 15 is 0 Å². The Balaban J connectivity index is 1.29. The second-order valence-corrected chi connectivity index (χ2v) is 9.10. The molecular formula is C25H28N2O5. The molecule has 0 heterocycles. The Morgan fingerprint density at radius 3 is 2.09 bits per heavy atom. The van der Waals surface area contributed by atoms with Crippen LogP contribution < -0.4 is 5.32 Å². The summed E-state index contributed by atoms with van der Waals surface area (Å²) >= 11 is 0. The number of carboxylic acid groups (broad SMARTS) is 1. The zero-order valence-corrected chi connectivity index (χ0v) is 18.5. The normalized spacial score (nSPS) is 19.3. The summed E-state index contributed by atoms with van der Waals surface area (Å²) in [7, 11) is 1.50. The van der Waals surface area contributed by atoms with E-state index in [2.05, 4.69) is 29.6 Å². The van der Waals surface area contributed by atoms with Crippen LogP contribution in [0.2, 0.25) is 0 Å². The number of carboxylic acids is 1. The highest BCUT2D eigenvalue weighted by molar-refractivity contribution is 5.88. The molecule has 7 nitrogen and oxygen atoms in total. The molecule has 0 saturated heterocycles. The second-order valence-electron chi connectivity index (χ2n) is 9.10. The first kappa shape index (κ1) is 21.9. The summed E-state index contributed by atoms with van der Waals surface area (Å²) in [5.74, 6) is -1.57. The van der Waals surface area contributed by atoms with Crippen LogP contribution in [-0.2, 0) is 14.3 Å². The van der Waals surface area contributed by atoms with Crippen molar-refractivity contribution in [2.75, 3.05) is 13.7 Å². The summed E-state index contributed by atoms with van der Waals surface area (Å²) in [6.45, 7) is 3.24. The van der Waals surface area contributed by atoms with E-state index in [4.69, 9.17) is 4.74 Å². The number of alkyl carbamates (subject to hydrolysis) is 1. The summed E-state index contributed by atoms with van der Waals surface area (Å²) in [5.41, 5.74) is 3.37. The van der Waals surface area contributed by atoms with Gasteiger partial charge in [0.15, 0.2) is 0 Å². The van der Waals surface area contributed by atoms with E-state index in [1.54, 1.807) is 0 Å². The zero-order chi connectivity index (χ0) is 23.0. The fourth-order valence-corrected chi connectivity index (χ4v) is 4.44. The Morgan fingerprint density at radius 2 is 1.56 bits per heavy atom. The third-order valence-corrected chi connectivity index (χ3v) is 6.85. The van der Waals surface area contributed by atoms with Gasteiger partial charge in [0.2, 0.25) is 5.91 Å². The molecule has 2 aliphatic carbocycles. The van der Waals surface area contributed by atoms with E-state index in [1.807, 2.05) is 24.3 Å². The maximum absolute atomic E-state index is 12.6. The fraction of sp³-hybridized carbons (Fsp3) is 0.400. The maximum Gasteiger partial charge on any atom is 0.407 e. The van der Waals surface area contributed by atoms with Crippen molar-refractivity contribution in [3.8, 4) is 11.1 Å². The summed E-state index contributed by atoms with van der Waals surface area (Å²) < 4.78 is 5.55.